The van der Waals surface area contributed by atoms with E-state index in [1.807, 2.05) is 19.2 Å². The molecule has 2 N–H and O–H groups in total. The summed E-state index contributed by atoms with van der Waals surface area (Å²) in [5, 5.41) is 10.0. The van der Waals surface area contributed by atoms with Gasteiger partial charge in [-0.3, -0.25) is 5.10 Å². The zero-order valence-corrected chi connectivity index (χ0v) is 10.7. The summed E-state index contributed by atoms with van der Waals surface area (Å²) in [7, 11) is 3.61. The Morgan fingerprint density at radius 1 is 1.33 bits per heavy atom. The monoisotopic (exact) mass is 246 g/mol. The maximum Gasteiger partial charge on any atom is 0.141 e. The van der Waals surface area contributed by atoms with Gasteiger partial charge in [0.05, 0.1) is 13.2 Å². The Kier molecular flexibility index (Phi) is 4.30. The second-order valence-electron chi connectivity index (χ2n) is 4.10. The van der Waals surface area contributed by atoms with Crippen molar-refractivity contribution in [2.45, 2.75) is 18.9 Å². The van der Waals surface area contributed by atoms with E-state index in [0.717, 1.165) is 24.4 Å². The van der Waals surface area contributed by atoms with Gasteiger partial charge in [-0.05, 0) is 37.6 Å². The number of hydrogen-bond acceptors (Lipinski definition) is 4. The number of aryl methyl sites for hydroxylation is 1. The summed E-state index contributed by atoms with van der Waals surface area (Å²) in [6, 6.07) is 8.35. The van der Waals surface area contributed by atoms with Crippen molar-refractivity contribution in [2.24, 2.45) is 0 Å². The molecule has 0 radical (unpaired) electrons. The van der Waals surface area contributed by atoms with Gasteiger partial charge in [0.1, 0.15) is 17.9 Å². The molecule has 0 spiro atoms. The van der Waals surface area contributed by atoms with Gasteiger partial charge < -0.3 is 10.1 Å². The van der Waals surface area contributed by atoms with Crippen molar-refractivity contribution in [3.05, 3.63) is 42.0 Å². The SMILES string of the molecule is CNC(CCc1ccc(OC)cc1)c1ncn[nH]1. The molecular formula is C13H18N4O. The fourth-order valence-electron chi connectivity index (χ4n) is 1.90. The van der Waals surface area contributed by atoms with Crippen LogP contribution in [0.25, 0.3) is 0 Å². The van der Waals surface area contributed by atoms with Crippen LogP contribution in [0.5, 0.6) is 5.75 Å². The third-order valence-corrected chi connectivity index (χ3v) is 2.99. The number of ether oxygens (including phenoxy) is 1. The van der Waals surface area contributed by atoms with E-state index >= 15 is 0 Å². The molecular weight excluding hydrogens is 228 g/mol. The van der Waals surface area contributed by atoms with Gasteiger partial charge in [0.2, 0.25) is 0 Å². The zero-order chi connectivity index (χ0) is 12.8. The summed E-state index contributed by atoms with van der Waals surface area (Å²) in [6.07, 6.45) is 3.49. The number of H-pyrrole nitrogens is 1. The number of hydrogen-bond donors (Lipinski definition) is 2. The number of methoxy groups -OCH3 is 1. The Balaban J connectivity index is 1.93. The van der Waals surface area contributed by atoms with Gasteiger partial charge in [-0.25, -0.2) is 4.98 Å². The number of benzene rings is 1. The van der Waals surface area contributed by atoms with Crippen LogP contribution in [0.1, 0.15) is 23.9 Å². The molecule has 5 nitrogen and oxygen atoms in total. The van der Waals surface area contributed by atoms with Crippen molar-refractivity contribution in [3.8, 4) is 5.75 Å². The molecule has 96 valence electrons. The first kappa shape index (κ1) is 12.6. The lowest BCUT2D eigenvalue weighted by atomic mass is 10.0. The first-order valence-corrected chi connectivity index (χ1v) is 5.99. The van der Waals surface area contributed by atoms with Crippen LogP contribution >= 0.6 is 0 Å². The quantitative estimate of drug-likeness (QED) is 0.814. The molecule has 1 aromatic carbocycles. The van der Waals surface area contributed by atoms with Gasteiger partial charge in [-0.1, -0.05) is 12.1 Å². The summed E-state index contributed by atoms with van der Waals surface area (Å²) in [5.74, 6) is 1.77. The van der Waals surface area contributed by atoms with Gasteiger partial charge >= 0.3 is 0 Å². The lowest BCUT2D eigenvalue weighted by Gasteiger charge is -2.13. The van der Waals surface area contributed by atoms with Gasteiger partial charge in [-0.2, -0.15) is 5.10 Å². The number of nitrogens with zero attached hydrogens (tertiary/aromatic N) is 2. The third-order valence-electron chi connectivity index (χ3n) is 2.99. The Morgan fingerprint density at radius 2 is 2.11 bits per heavy atom. The second kappa shape index (κ2) is 6.16. The van der Waals surface area contributed by atoms with E-state index < -0.39 is 0 Å². The molecule has 2 aromatic rings. The van der Waals surface area contributed by atoms with Crippen LogP contribution in [0, 0.1) is 0 Å². The van der Waals surface area contributed by atoms with Crippen molar-refractivity contribution in [1.29, 1.82) is 0 Å². The van der Waals surface area contributed by atoms with Crippen LogP contribution in [0.15, 0.2) is 30.6 Å². The highest BCUT2D eigenvalue weighted by Crippen LogP contribution is 2.17. The van der Waals surface area contributed by atoms with E-state index in [1.54, 1.807) is 7.11 Å². The smallest absolute Gasteiger partial charge is 0.141 e. The standard InChI is InChI=1S/C13H18N4O/c1-14-12(13-15-9-16-17-13)8-5-10-3-6-11(18-2)7-4-10/h3-4,6-7,9,12,14H,5,8H2,1-2H3,(H,15,16,17). The molecule has 0 fully saturated rings. The molecule has 1 atom stereocenters. The fraction of sp³-hybridized carbons (Fsp3) is 0.385. The number of aromatic nitrogens is 3. The highest BCUT2D eigenvalue weighted by molar-refractivity contribution is 5.27. The Bertz CT molecular complexity index is 452. The van der Waals surface area contributed by atoms with Crippen molar-refractivity contribution in [3.63, 3.8) is 0 Å². The molecule has 0 bridgehead atoms. The average molecular weight is 246 g/mol. The summed E-state index contributed by atoms with van der Waals surface area (Å²) >= 11 is 0. The minimum atomic E-state index is 0.203. The van der Waals surface area contributed by atoms with E-state index in [-0.39, 0.29) is 6.04 Å². The van der Waals surface area contributed by atoms with Crippen LogP contribution < -0.4 is 10.1 Å². The first-order chi connectivity index (χ1) is 8.83. The summed E-state index contributed by atoms with van der Waals surface area (Å²) in [6.45, 7) is 0. The van der Waals surface area contributed by atoms with Crippen molar-refractivity contribution < 1.29 is 4.74 Å². The molecule has 0 aliphatic heterocycles. The Morgan fingerprint density at radius 3 is 2.67 bits per heavy atom. The van der Waals surface area contributed by atoms with Gasteiger partial charge in [-0.15, -0.1) is 0 Å². The molecule has 0 aliphatic carbocycles. The summed E-state index contributed by atoms with van der Waals surface area (Å²) in [5.41, 5.74) is 1.29. The fourth-order valence-corrected chi connectivity index (χ4v) is 1.90. The highest BCUT2D eigenvalue weighted by atomic mass is 16.5. The molecule has 5 heteroatoms. The molecule has 18 heavy (non-hydrogen) atoms. The van der Waals surface area contributed by atoms with Crippen LogP contribution in [-0.4, -0.2) is 29.3 Å². The lowest BCUT2D eigenvalue weighted by molar-refractivity contribution is 0.414. The van der Waals surface area contributed by atoms with Crippen LogP contribution in [0.2, 0.25) is 0 Å². The molecule has 0 aliphatic rings. The third kappa shape index (κ3) is 3.07. The highest BCUT2D eigenvalue weighted by Gasteiger charge is 2.11. The summed E-state index contributed by atoms with van der Waals surface area (Å²) in [4.78, 5) is 4.18. The maximum absolute atomic E-state index is 5.14. The summed E-state index contributed by atoms with van der Waals surface area (Å²) < 4.78 is 5.14. The second-order valence-corrected chi connectivity index (χ2v) is 4.10. The van der Waals surface area contributed by atoms with E-state index in [0.29, 0.717) is 0 Å². The number of nitrogens with one attached hydrogen (secondary N) is 2. The zero-order valence-electron chi connectivity index (χ0n) is 10.7. The van der Waals surface area contributed by atoms with Gasteiger partial charge in [0.25, 0.3) is 0 Å². The minimum Gasteiger partial charge on any atom is -0.497 e. The van der Waals surface area contributed by atoms with E-state index in [4.69, 9.17) is 4.74 Å². The molecule has 0 saturated heterocycles. The maximum atomic E-state index is 5.14. The largest absolute Gasteiger partial charge is 0.497 e. The Hall–Kier alpha value is -1.88. The average Bonchev–Trinajstić information content (AvgIpc) is 2.94. The predicted octanol–water partition coefficient (Wildman–Crippen LogP) is 1.71. The minimum absolute atomic E-state index is 0.203. The van der Waals surface area contributed by atoms with Gasteiger partial charge in [0.15, 0.2) is 0 Å². The number of aromatic amines is 1. The van der Waals surface area contributed by atoms with Crippen molar-refractivity contribution in [2.75, 3.05) is 14.2 Å². The first-order valence-electron chi connectivity index (χ1n) is 5.99. The lowest BCUT2D eigenvalue weighted by Crippen LogP contribution is -2.18. The predicted molar refractivity (Wildman–Crippen MR) is 69.5 cm³/mol. The van der Waals surface area contributed by atoms with E-state index in [2.05, 4.69) is 32.6 Å². The molecule has 0 saturated carbocycles. The van der Waals surface area contributed by atoms with Gasteiger partial charge in [0, 0.05) is 0 Å². The molecule has 1 unspecified atom stereocenters. The van der Waals surface area contributed by atoms with E-state index in [1.165, 1.54) is 11.9 Å². The topological polar surface area (TPSA) is 62.8 Å². The van der Waals surface area contributed by atoms with Crippen molar-refractivity contribution in [1.82, 2.24) is 20.5 Å². The molecule has 2 rings (SSSR count). The molecule has 1 aromatic heterocycles. The number of rotatable bonds is 6. The van der Waals surface area contributed by atoms with Crippen LogP contribution in [0.3, 0.4) is 0 Å². The normalized spacial score (nSPS) is 12.3. The molecule has 0 amide bonds. The van der Waals surface area contributed by atoms with Crippen LogP contribution in [-0.2, 0) is 6.42 Å². The van der Waals surface area contributed by atoms with Crippen LogP contribution in [0.4, 0.5) is 0 Å². The van der Waals surface area contributed by atoms with Crippen molar-refractivity contribution >= 4 is 0 Å². The Labute approximate surface area is 107 Å². The molecule has 1 heterocycles. The van der Waals surface area contributed by atoms with E-state index in [9.17, 15) is 0 Å².